The van der Waals surface area contributed by atoms with Gasteiger partial charge in [0.25, 0.3) is 0 Å². The van der Waals surface area contributed by atoms with Crippen LogP contribution in [0.4, 0.5) is 5.69 Å². The second-order valence-electron chi connectivity index (χ2n) is 5.42. The zero-order valence-electron chi connectivity index (χ0n) is 14.3. The molecular formula is C18H27N3O. The van der Waals surface area contributed by atoms with Gasteiger partial charge < -0.3 is 10.5 Å². The van der Waals surface area contributed by atoms with E-state index >= 15 is 0 Å². The van der Waals surface area contributed by atoms with E-state index in [-0.39, 0.29) is 6.10 Å². The largest absolute Gasteiger partial charge is 0.488 e. The van der Waals surface area contributed by atoms with Gasteiger partial charge in [-0.2, -0.15) is 0 Å². The Kier molecular flexibility index (Phi) is 6.83. The molecule has 0 radical (unpaired) electrons. The molecule has 0 saturated carbocycles. The number of hydrogen-bond acceptors (Lipinski definition) is 3. The molecule has 1 aromatic rings. The molecule has 1 aromatic carbocycles. The first-order valence-corrected chi connectivity index (χ1v) is 7.71. The standard InChI is InChI=1S/C18H27N3O/c1-7-13(4)22-17-11-12(3)9-10-16(17)21-18(20-6)15(8-2)14(5)19/h9-11,13H,6-8,19H2,1-5H3. The molecule has 0 bridgehead atoms. The van der Waals surface area contributed by atoms with Gasteiger partial charge in [0.2, 0.25) is 0 Å². The van der Waals surface area contributed by atoms with E-state index in [0.717, 1.165) is 35.4 Å². The topological polar surface area (TPSA) is 60.0 Å². The van der Waals surface area contributed by atoms with Crippen molar-refractivity contribution in [2.75, 3.05) is 0 Å². The Hall–Kier alpha value is -2.10. The second-order valence-corrected chi connectivity index (χ2v) is 5.42. The number of nitrogens with two attached hydrogens (primary N) is 1. The molecule has 0 aliphatic heterocycles. The molecule has 120 valence electrons. The highest BCUT2D eigenvalue weighted by molar-refractivity contribution is 6.03. The fraction of sp³-hybridized carbons (Fsp3) is 0.444. The maximum Gasteiger partial charge on any atom is 0.156 e. The number of ether oxygens (including phenoxy) is 1. The van der Waals surface area contributed by atoms with Crippen LogP contribution in [0.1, 0.15) is 46.1 Å². The quantitative estimate of drug-likeness (QED) is 0.619. The average Bonchev–Trinajstić information content (AvgIpc) is 2.48. The van der Waals surface area contributed by atoms with Gasteiger partial charge in [-0.15, -0.1) is 0 Å². The number of amidine groups is 1. The van der Waals surface area contributed by atoms with Gasteiger partial charge in [0, 0.05) is 11.3 Å². The summed E-state index contributed by atoms with van der Waals surface area (Å²) in [6, 6.07) is 5.95. The summed E-state index contributed by atoms with van der Waals surface area (Å²) < 4.78 is 5.98. The van der Waals surface area contributed by atoms with Crippen LogP contribution in [0, 0.1) is 6.92 Å². The molecule has 4 heteroatoms. The van der Waals surface area contributed by atoms with Gasteiger partial charge in [-0.1, -0.05) is 19.9 Å². The number of rotatable bonds is 6. The number of nitrogens with zero attached hydrogens (tertiary/aromatic N) is 2. The summed E-state index contributed by atoms with van der Waals surface area (Å²) >= 11 is 0. The second kappa shape index (κ2) is 8.37. The molecule has 1 atom stereocenters. The molecule has 0 fully saturated rings. The SMILES string of the molecule is C=NC(=Nc1ccc(C)cc1OC(C)CC)C(CC)=C(C)N. The molecule has 0 aromatic heterocycles. The van der Waals surface area contributed by atoms with Crippen molar-refractivity contribution in [3.8, 4) is 5.75 Å². The fourth-order valence-electron chi connectivity index (χ4n) is 2.03. The summed E-state index contributed by atoms with van der Waals surface area (Å²) in [6.45, 7) is 13.7. The first-order chi connectivity index (χ1) is 10.4. The Labute approximate surface area is 133 Å². The van der Waals surface area contributed by atoms with E-state index in [1.807, 2.05) is 45.9 Å². The number of allylic oxidation sites excluding steroid dienone is 1. The predicted octanol–water partition coefficient (Wildman–Crippen LogP) is 4.55. The molecule has 1 unspecified atom stereocenters. The zero-order chi connectivity index (χ0) is 16.7. The first-order valence-electron chi connectivity index (χ1n) is 7.71. The van der Waals surface area contributed by atoms with Gasteiger partial charge >= 0.3 is 0 Å². The van der Waals surface area contributed by atoms with Crippen molar-refractivity contribution in [1.82, 2.24) is 0 Å². The van der Waals surface area contributed by atoms with E-state index in [1.54, 1.807) is 0 Å². The molecular weight excluding hydrogens is 274 g/mol. The lowest BCUT2D eigenvalue weighted by Gasteiger charge is -2.15. The van der Waals surface area contributed by atoms with E-state index in [1.165, 1.54) is 0 Å². The van der Waals surface area contributed by atoms with Crippen molar-refractivity contribution in [2.45, 2.75) is 53.6 Å². The molecule has 0 aliphatic rings. The molecule has 0 saturated heterocycles. The van der Waals surface area contributed by atoms with Crippen LogP contribution in [0.5, 0.6) is 5.75 Å². The van der Waals surface area contributed by atoms with E-state index in [9.17, 15) is 0 Å². The smallest absolute Gasteiger partial charge is 0.156 e. The van der Waals surface area contributed by atoms with Crippen LogP contribution in [0.3, 0.4) is 0 Å². The van der Waals surface area contributed by atoms with Gasteiger partial charge in [0.05, 0.1) is 6.10 Å². The average molecular weight is 301 g/mol. The zero-order valence-corrected chi connectivity index (χ0v) is 14.3. The molecule has 0 heterocycles. The van der Waals surface area contributed by atoms with Gasteiger partial charge in [-0.3, -0.25) is 0 Å². The maximum atomic E-state index is 5.98. The van der Waals surface area contributed by atoms with E-state index in [4.69, 9.17) is 10.5 Å². The van der Waals surface area contributed by atoms with E-state index < -0.39 is 0 Å². The van der Waals surface area contributed by atoms with E-state index in [2.05, 4.69) is 23.6 Å². The van der Waals surface area contributed by atoms with Crippen LogP contribution in [-0.2, 0) is 0 Å². The maximum absolute atomic E-state index is 5.98. The minimum atomic E-state index is 0.133. The number of benzene rings is 1. The third kappa shape index (κ3) is 4.72. The van der Waals surface area contributed by atoms with Gasteiger partial charge in [0.15, 0.2) is 5.84 Å². The number of hydrogen-bond donors (Lipinski definition) is 1. The van der Waals surface area contributed by atoms with Gasteiger partial charge in [-0.05, 0) is 58.0 Å². The lowest BCUT2D eigenvalue weighted by Crippen LogP contribution is -2.10. The molecule has 22 heavy (non-hydrogen) atoms. The number of aliphatic imine (C=N–C) groups is 2. The summed E-state index contributed by atoms with van der Waals surface area (Å²) in [5, 5.41) is 0. The monoisotopic (exact) mass is 301 g/mol. The van der Waals surface area contributed by atoms with Gasteiger partial charge in [0.1, 0.15) is 11.4 Å². The lowest BCUT2D eigenvalue weighted by atomic mass is 10.1. The van der Waals surface area contributed by atoms with Crippen molar-refractivity contribution >= 4 is 18.2 Å². The molecule has 2 N–H and O–H groups in total. The molecule has 1 rings (SSSR count). The van der Waals surface area contributed by atoms with Crippen LogP contribution in [0.25, 0.3) is 0 Å². The molecule has 0 aliphatic carbocycles. The highest BCUT2D eigenvalue weighted by atomic mass is 16.5. The summed E-state index contributed by atoms with van der Waals surface area (Å²) in [6.07, 6.45) is 1.83. The summed E-state index contributed by atoms with van der Waals surface area (Å²) in [7, 11) is 0. The van der Waals surface area contributed by atoms with Crippen molar-refractivity contribution in [1.29, 1.82) is 0 Å². The Balaban J connectivity index is 3.33. The van der Waals surface area contributed by atoms with Crippen LogP contribution in [0.15, 0.2) is 39.5 Å². The van der Waals surface area contributed by atoms with Crippen LogP contribution < -0.4 is 10.5 Å². The van der Waals surface area contributed by atoms with Gasteiger partial charge in [-0.25, -0.2) is 9.98 Å². The van der Waals surface area contributed by atoms with E-state index in [0.29, 0.717) is 11.5 Å². The summed E-state index contributed by atoms with van der Waals surface area (Å²) in [5.74, 6) is 1.32. The molecule has 4 nitrogen and oxygen atoms in total. The van der Waals surface area contributed by atoms with Crippen molar-refractivity contribution in [3.05, 3.63) is 35.0 Å². The normalized spacial score (nSPS) is 14.3. The molecule has 0 amide bonds. The molecule has 0 spiro atoms. The van der Waals surface area contributed by atoms with Crippen molar-refractivity contribution in [3.63, 3.8) is 0 Å². The van der Waals surface area contributed by atoms with Crippen molar-refractivity contribution in [2.24, 2.45) is 15.7 Å². The first kappa shape index (κ1) is 18.0. The minimum absolute atomic E-state index is 0.133. The Morgan fingerprint density at radius 1 is 1.36 bits per heavy atom. The third-order valence-electron chi connectivity index (χ3n) is 3.49. The van der Waals surface area contributed by atoms with Crippen LogP contribution in [0.2, 0.25) is 0 Å². The number of aryl methyl sites for hydroxylation is 1. The summed E-state index contributed by atoms with van der Waals surface area (Å²) in [5.41, 5.74) is 9.42. The predicted molar refractivity (Wildman–Crippen MR) is 95.4 cm³/mol. The minimum Gasteiger partial charge on any atom is -0.488 e. The highest BCUT2D eigenvalue weighted by Crippen LogP contribution is 2.31. The van der Waals surface area contributed by atoms with Crippen LogP contribution in [-0.4, -0.2) is 18.7 Å². The Morgan fingerprint density at radius 2 is 2.05 bits per heavy atom. The summed E-state index contributed by atoms with van der Waals surface area (Å²) in [4.78, 5) is 8.67. The Bertz CT molecular complexity index is 584. The highest BCUT2D eigenvalue weighted by Gasteiger charge is 2.11. The van der Waals surface area contributed by atoms with Crippen molar-refractivity contribution < 1.29 is 4.74 Å². The fourth-order valence-corrected chi connectivity index (χ4v) is 2.03. The lowest BCUT2D eigenvalue weighted by molar-refractivity contribution is 0.218. The Morgan fingerprint density at radius 3 is 2.55 bits per heavy atom. The van der Waals surface area contributed by atoms with Crippen LogP contribution >= 0.6 is 0 Å². The third-order valence-corrected chi connectivity index (χ3v) is 3.49.